The van der Waals surface area contributed by atoms with Gasteiger partial charge in [-0.3, -0.25) is 0 Å². The molecule has 91 heavy (non-hydrogen) atoms. The van der Waals surface area contributed by atoms with Crippen molar-refractivity contribution in [2.45, 2.75) is 196 Å². The molecular formula is C84H105O6P. The number of rotatable bonds is 10. The molecule has 9 rings (SSSR count). The van der Waals surface area contributed by atoms with E-state index in [4.69, 9.17) is 28.4 Å². The van der Waals surface area contributed by atoms with Gasteiger partial charge in [0.25, 0.3) is 0 Å². The maximum Gasteiger partial charge on any atom is 0.126 e. The highest BCUT2D eigenvalue weighted by atomic mass is 31.1. The van der Waals surface area contributed by atoms with E-state index in [1.165, 1.54) is 44.0 Å². The van der Waals surface area contributed by atoms with Crippen molar-refractivity contribution in [2.75, 3.05) is 41.9 Å². The Balaban J connectivity index is 1.42. The van der Waals surface area contributed by atoms with Crippen LogP contribution < -0.4 is 39.0 Å². The summed E-state index contributed by atoms with van der Waals surface area (Å²) >= 11 is 0. The van der Waals surface area contributed by atoms with Crippen LogP contribution >= 0.6 is 7.92 Å². The fourth-order valence-electron chi connectivity index (χ4n) is 13.1. The maximum atomic E-state index is 7.73. The molecule has 0 amide bonds. The van der Waals surface area contributed by atoms with Crippen molar-refractivity contribution in [3.63, 3.8) is 0 Å². The van der Waals surface area contributed by atoms with Gasteiger partial charge in [-0.25, -0.2) is 0 Å². The normalized spacial score (nSPS) is 13.5. The number of fused-ring (bicyclic) bond motifs is 12. The Kier molecular flexibility index (Phi) is 19.9. The molecule has 0 aliphatic heterocycles. The molecule has 7 heteroatoms. The summed E-state index contributed by atoms with van der Waals surface area (Å²) in [6.07, 6.45) is 3.96. The van der Waals surface area contributed by atoms with Gasteiger partial charge < -0.3 is 28.4 Å². The van der Waals surface area contributed by atoms with E-state index in [0.29, 0.717) is 44.9 Å². The average molecular weight is 1240 g/mol. The van der Waals surface area contributed by atoms with E-state index in [1.54, 1.807) is 0 Å². The lowest BCUT2D eigenvalue weighted by molar-refractivity contribution is 0.379. The predicted molar refractivity (Wildman–Crippen MR) is 385 cm³/mol. The van der Waals surface area contributed by atoms with Crippen LogP contribution in [0.25, 0.3) is 0 Å². The van der Waals surface area contributed by atoms with Crippen molar-refractivity contribution in [3.8, 4) is 34.5 Å². The highest BCUT2D eigenvalue weighted by Gasteiger charge is 2.32. The Bertz CT molecular complexity index is 3670. The van der Waals surface area contributed by atoms with Crippen LogP contribution in [-0.4, -0.2) is 41.9 Å². The van der Waals surface area contributed by atoms with E-state index < -0.39 is 7.92 Å². The monoisotopic (exact) mass is 1240 g/mol. The first-order chi connectivity index (χ1) is 42.6. The molecule has 0 heterocycles. The van der Waals surface area contributed by atoms with Gasteiger partial charge in [0.1, 0.15) is 40.8 Å². The molecule has 0 fully saturated rings. The molecule has 6 nitrogen and oxygen atoms in total. The molecule has 0 unspecified atom stereocenters. The number of benzene rings is 8. The molecule has 8 aromatic carbocycles. The number of hydrogen-bond donors (Lipinski definition) is 0. The van der Waals surface area contributed by atoms with Crippen molar-refractivity contribution in [2.24, 2.45) is 0 Å². The molecule has 12 bridgehead atoms. The summed E-state index contributed by atoms with van der Waals surface area (Å²) in [6, 6.07) is 50.5. The van der Waals surface area contributed by atoms with E-state index >= 15 is 0 Å². The van der Waals surface area contributed by atoms with Crippen LogP contribution in [0, 0.1) is 0 Å². The van der Waals surface area contributed by atoms with Gasteiger partial charge in [0.05, 0.1) is 35.5 Å². The molecule has 0 radical (unpaired) electrons. The first-order valence-corrected chi connectivity index (χ1v) is 34.3. The first kappa shape index (κ1) is 68.4. The molecule has 0 N–H and O–H groups in total. The minimum absolute atomic E-state index is 0.169. The fourth-order valence-corrected chi connectivity index (χ4v) is 15.0. The van der Waals surface area contributed by atoms with Gasteiger partial charge >= 0.3 is 0 Å². The minimum atomic E-state index is -0.940. The lowest BCUT2D eigenvalue weighted by Crippen LogP contribution is -2.19. The van der Waals surface area contributed by atoms with Crippen molar-refractivity contribution in [1.82, 2.24) is 0 Å². The number of hydrogen-bond acceptors (Lipinski definition) is 6. The summed E-state index contributed by atoms with van der Waals surface area (Å²) in [4.78, 5) is 0. The van der Waals surface area contributed by atoms with Crippen LogP contribution in [0.5, 0.6) is 34.5 Å². The Morgan fingerprint density at radius 2 is 0.418 bits per heavy atom. The van der Waals surface area contributed by atoms with E-state index in [9.17, 15) is 0 Å². The number of ether oxygens (including phenoxy) is 6. The second-order valence-corrected chi connectivity index (χ2v) is 33.8. The lowest BCUT2D eigenvalue weighted by atomic mass is 9.79. The van der Waals surface area contributed by atoms with Gasteiger partial charge in [-0.05, 0) is 151 Å². The molecule has 0 spiro atoms. The molecule has 1 aliphatic carbocycles. The summed E-state index contributed by atoms with van der Waals surface area (Å²) in [5.41, 5.74) is 19.6. The third kappa shape index (κ3) is 15.4. The topological polar surface area (TPSA) is 55.4 Å². The van der Waals surface area contributed by atoms with Crippen LogP contribution in [0.1, 0.15) is 225 Å². The van der Waals surface area contributed by atoms with Gasteiger partial charge in [-0.15, -0.1) is 0 Å². The van der Waals surface area contributed by atoms with Crippen LogP contribution in [0.15, 0.2) is 133 Å². The van der Waals surface area contributed by atoms with Crippen molar-refractivity contribution in [3.05, 3.63) is 234 Å². The molecule has 0 aromatic heterocycles. The smallest absolute Gasteiger partial charge is 0.126 e. The Hall–Kier alpha value is -7.01. The largest absolute Gasteiger partial charge is 0.496 e. The molecular weight excluding hydrogens is 1140 g/mol. The summed E-state index contributed by atoms with van der Waals surface area (Å²) in [5, 5.41) is 2.53. The Morgan fingerprint density at radius 3 is 0.571 bits per heavy atom. The third-order valence-electron chi connectivity index (χ3n) is 18.4. The molecule has 482 valence electrons. The minimum Gasteiger partial charge on any atom is -0.496 e. The summed E-state index contributed by atoms with van der Waals surface area (Å²) in [6.45, 7) is 41.7. The van der Waals surface area contributed by atoms with Crippen LogP contribution in [0.4, 0.5) is 0 Å². The van der Waals surface area contributed by atoms with Gasteiger partial charge in [-0.1, -0.05) is 258 Å². The predicted octanol–water partition coefficient (Wildman–Crippen LogP) is 19.8. The SMILES string of the molecule is COc1c2cc(C(C)(C)C)cc1Cc1cc(C(C)(C)C)cc(c1OC)Cc1cc(C(C)(C)C)cc(c1OC)Cc1cc(C(C)(C)C)cc(c1OCP(c1ccccc1)c1ccccc1)Cc1cc(C(C)(C)C)cc(c1OC)Cc1cc(C(C)(C)C)cc(c1OC)C2. The maximum absolute atomic E-state index is 7.73. The Labute approximate surface area is 549 Å². The summed E-state index contributed by atoms with van der Waals surface area (Å²) in [5.74, 6) is 5.28. The first-order valence-electron chi connectivity index (χ1n) is 32.8. The Morgan fingerprint density at radius 1 is 0.253 bits per heavy atom. The number of methoxy groups -OCH3 is 5. The lowest BCUT2D eigenvalue weighted by Gasteiger charge is -2.29. The summed E-state index contributed by atoms with van der Waals surface area (Å²) in [7, 11) is 8.25. The quantitative estimate of drug-likeness (QED) is 0.127. The third-order valence-corrected chi connectivity index (χ3v) is 20.7. The standard InChI is InChI=1S/C84H105O6P/c1-79(2,3)65-40-53-34-55-42-66(80(4,5)6)44-57(74(55)86-20)36-59-46-68(82(10,11)12)48-61(76(59)88-22)38-63-50-70(84(16,17)18)51-64(78(63)90-52-91(71-30-26-24-27-31-71)72-32-28-25-29-33-72)39-62-49-69(83(13,14)15)47-60(77(62)89-23)37-58-45-67(81(7,8)9)43-56(75(58)87-21)35-54(41-65)73(53)85-19/h24-33,40-51H,34-39,52H2,1-23H3. The summed E-state index contributed by atoms with van der Waals surface area (Å²) < 4.78 is 41.5. The zero-order chi connectivity index (χ0) is 66.3. The molecule has 8 aromatic rings. The van der Waals surface area contributed by atoms with Crippen LogP contribution in [0.3, 0.4) is 0 Å². The molecule has 0 saturated heterocycles. The van der Waals surface area contributed by atoms with Crippen LogP contribution in [-0.2, 0) is 71.0 Å². The van der Waals surface area contributed by atoms with Gasteiger partial charge in [0, 0.05) is 38.5 Å². The van der Waals surface area contributed by atoms with Crippen molar-refractivity contribution < 1.29 is 28.4 Å². The van der Waals surface area contributed by atoms with Gasteiger partial charge in [0.2, 0.25) is 0 Å². The second-order valence-electron chi connectivity index (χ2n) is 31.7. The molecule has 0 saturated carbocycles. The van der Waals surface area contributed by atoms with Crippen molar-refractivity contribution >= 4 is 18.5 Å². The zero-order valence-electron chi connectivity index (χ0n) is 59.5. The van der Waals surface area contributed by atoms with Crippen molar-refractivity contribution in [1.29, 1.82) is 0 Å². The van der Waals surface area contributed by atoms with Gasteiger partial charge in [0.15, 0.2) is 0 Å². The average Bonchev–Trinajstić information content (AvgIpc) is 0.833. The van der Waals surface area contributed by atoms with E-state index in [1.807, 2.05) is 35.5 Å². The molecule has 0 atom stereocenters. The van der Waals surface area contributed by atoms with E-state index in [-0.39, 0.29) is 32.5 Å². The highest BCUT2D eigenvalue weighted by molar-refractivity contribution is 7.72. The molecule has 1 aliphatic rings. The fraction of sp³-hybridized carbons (Fsp3) is 0.429. The second kappa shape index (κ2) is 26.5. The van der Waals surface area contributed by atoms with E-state index in [2.05, 4.69) is 258 Å². The zero-order valence-corrected chi connectivity index (χ0v) is 60.4. The van der Waals surface area contributed by atoms with Gasteiger partial charge in [-0.2, -0.15) is 0 Å². The highest BCUT2D eigenvalue weighted by Crippen LogP contribution is 2.47. The van der Waals surface area contributed by atoms with Crippen LogP contribution in [0.2, 0.25) is 0 Å². The van der Waals surface area contributed by atoms with E-state index in [0.717, 1.165) is 101 Å².